The third-order valence-corrected chi connectivity index (χ3v) is 6.06. The highest BCUT2D eigenvalue weighted by Crippen LogP contribution is 2.35. The number of para-hydroxylation sites is 1. The zero-order chi connectivity index (χ0) is 23.8. The van der Waals surface area contributed by atoms with Crippen molar-refractivity contribution in [2.24, 2.45) is 0 Å². The molecular formula is C27H32ClNO4. The van der Waals surface area contributed by atoms with Crippen LogP contribution < -0.4 is 14.2 Å². The second-order valence-corrected chi connectivity index (χ2v) is 8.29. The first kappa shape index (κ1) is 24.9. The van der Waals surface area contributed by atoms with E-state index in [1.54, 1.807) is 21.3 Å². The fourth-order valence-electron chi connectivity index (χ4n) is 4.16. The van der Waals surface area contributed by atoms with E-state index in [-0.39, 0.29) is 6.04 Å². The third-order valence-electron chi connectivity index (χ3n) is 5.83. The minimum Gasteiger partial charge on any atom is -0.496 e. The molecule has 0 radical (unpaired) electrons. The van der Waals surface area contributed by atoms with Gasteiger partial charge in [-0.25, -0.2) is 0 Å². The highest BCUT2D eigenvalue weighted by atomic mass is 35.5. The van der Waals surface area contributed by atoms with Crippen molar-refractivity contribution in [3.63, 3.8) is 0 Å². The molecule has 0 amide bonds. The fourth-order valence-corrected chi connectivity index (χ4v) is 4.36. The summed E-state index contributed by atoms with van der Waals surface area (Å²) < 4.78 is 16.6. The van der Waals surface area contributed by atoms with Crippen LogP contribution in [0.2, 0.25) is 5.02 Å². The second-order valence-electron chi connectivity index (χ2n) is 7.85. The van der Waals surface area contributed by atoms with Crippen LogP contribution in [0.5, 0.6) is 17.2 Å². The maximum atomic E-state index is 11.1. The highest BCUT2D eigenvalue weighted by Gasteiger charge is 2.25. The van der Waals surface area contributed by atoms with Gasteiger partial charge < -0.3 is 19.3 Å². The normalized spacial score (nSPS) is 12.9. The summed E-state index contributed by atoms with van der Waals surface area (Å²) in [4.78, 5) is 2.27. The Morgan fingerprint density at radius 2 is 1.55 bits per heavy atom. The summed E-state index contributed by atoms with van der Waals surface area (Å²) in [7, 11) is 4.94. The van der Waals surface area contributed by atoms with Gasteiger partial charge in [0.25, 0.3) is 0 Å². The molecule has 0 saturated heterocycles. The summed E-state index contributed by atoms with van der Waals surface area (Å²) in [6.45, 7) is 3.17. The average Bonchev–Trinajstić information content (AvgIpc) is 2.84. The van der Waals surface area contributed by atoms with Crippen molar-refractivity contribution in [1.82, 2.24) is 4.90 Å². The minimum absolute atomic E-state index is 0.0311. The van der Waals surface area contributed by atoms with Crippen molar-refractivity contribution in [2.75, 3.05) is 27.9 Å². The summed E-state index contributed by atoms with van der Waals surface area (Å²) in [6, 6.07) is 21.4. The molecular weight excluding hydrogens is 438 g/mol. The van der Waals surface area contributed by atoms with E-state index in [2.05, 4.69) is 24.0 Å². The summed E-state index contributed by atoms with van der Waals surface area (Å²) in [5, 5.41) is 11.7. The Morgan fingerprint density at radius 1 is 0.818 bits per heavy atom. The Balaban J connectivity index is 1.98. The van der Waals surface area contributed by atoms with E-state index in [9.17, 15) is 5.11 Å². The predicted octanol–water partition coefficient (Wildman–Crippen LogP) is 6.05. The van der Waals surface area contributed by atoms with Crippen LogP contribution in [0.25, 0.3) is 0 Å². The largest absolute Gasteiger partial charge is 0.496 e. The van der Waals surface area contributed by atoms with Crippen molar-refractivity contribution in [3.05, 3.63) is 88.4 Å². The topological polar surface area (TPSA) is 51.2 Å². The van der Waals surface area contributed by atoms with Crippen LogP contribution in [0, 0.1) is 0 Å². The lowest BCUT2D eigenvalue weighted by molar-refractivity contribution is 0.0785. The summed E-state index contributed by atoms with van der Waals surface area (Å²) in [6.07, 6.45) is 0.139. The van der Waals surface area contributed by atoms with Gasteiger partial charge in [0.15, 0.2) is 11.5 Å². The maximum Gasteiger partial charge on any atom is 0.161 e. The van der Waals surface area contributed by atoms with Gasteiger partial charge in [-0.15, -0.1) is 0 Å². The maximum absolute atomic E-state index is 11.1. The van der Waals surface area contributed by atoms with Gasteiger partial charge in [0.1, 0.15) is 5.75 Å². The Kier molecular flexibility index (Phi) is 9.01. The molecule has 3 rings (SSSR count). The predicted molar refractivity (Wildman–Crippen MR) is 132 cm³/mol. The number of aliphatic hydroxyl groups excluding tert-OH is 1. The Labute approximate surface area is 201 Å². The van der Waals surface area contributed by atoms with Crippen molar-refractivity contribution in [3.8, 4) is 17.2 Å². The lowest BCUT2D eigenvalue weighted by Crippen LogP contribution is -2.32. The molecule has 3 aromatic carbocycles. The number of rotatable bonds is 11. The van der Waals surface area contributed by atoms with Crippen molar-refractivity contribution in [2.45, 2.75) is 32.0 Å². The van der Waals surface area contributed by atoms with Crippen molar-refractivity contribution >= 4 is 11.6 Å². The monoisotopic (exact) mass is 469 g/mol. The molecule has 0 heterocycles. The van der Waals surface area contributed by atoms with Gasteiger partial charge in [0.2, 0.25) is 0 Å². The Bertz CT molecular complexity index is 1040. The van der Waals surface area contributed by atoms with Gasteiger partial charge in [-0.3, -0.25) is 4.90 Å². The number of methoxy groups -OCH3 is 3. The zero-order valence-electron chi connectivity index (χ0n) is 19.6. The smallest absolute Gasteiger partial charge is 0.161 e. The molecule has 33 heavy (non-hydrogen) atoms. The van der Waals surface area contributed by atoms with E-state index in [4.69, 9.17) is 25.8 Å². The molecule has 176 valence electrons. The lowest BCUT2D eigenvalue weighted by atomic mass is 9.99. The third kappa shape index (κ3) is 6.20. The first-order valence-electron chi connectivity index (χ1n) is 11.0. The van der Waals surface area contributed by atoms with E-state index in [1.807, 2.05) is 54.6 Å². The Morgan fingerprint density at radius 3 is 2.21 bits per heavy atom. The molecule has 5 nitrogen and oxygen atoms in total. The van der Waals surface area contributed by atoms with Gasteiger partial charge in [-0.1, -0.05) is 54.9 Å². The molecule has 0 saturated carbocycles. The van der Waals surface area contributed by atoms with E-state index in [0.717, 1.165) is 28.9 Å². The van der Waals surface area contributed by atoms with Crippen LogP contribution in [0.1, 0.15) is 42.2 Å². The number of halogens is 1. The average molecular weight is 470 g/mol. The standard InChI is InChI=1S/C27H32ClNO4/c1-5-23(19-13-14-26(32-3)27(16-19)33-4)29(17-21-9-6-7-12-25(21)31-2)18-24(30)20-10-8-11-22(28)15-20/h6-16,23-24,30H,5,17-18H2,1-4H3/t23-,24?/m1/s1. The van der Waals surface area contributed by atoms with Crippen molar-refractivity contribution < 1.29 is 19.3 Å². The number of ether oxygens (including phenoxy) is 3. The molecule has 0 aromatic heterocycles. The van der Waals surface area contributed by atoms with E-state index in [1.165, 1.54) is 0 Å². The van der Waals surface area contributed by atoms with Crippen LogP contribution in [-0.2, 0) is 6.54 Å². The molecule has 0 spiro atoms. The molecule has 0 aliphatic rings. The first-order chi connectivity index (χ1) is 16.0. The van der Waals surface area contributed by atoms with E-state index < -0.39 is 6.10 Å². The zero-order valence-corrected chi connectivity index (χ0v) is 20.4. The number of hydrogen-bond acceptors (Lipinski definition) is 5. The Hall–Kier alpha value is -2.73. The second kappa shape index (κ2) is 11.9. The first-order valence-corrected chi connectivity index (χ1v) is 11.4. The molecule has 0 bridgehead atoms. The lowest BCUT2D eigenvalue weighted by Gasteiger charge is -2.34. The molecule has 0 aliphatic carbocycles. The van der Waals surface area contributed by atoms with Crippen LogP contribution in [0.4, 0.5) is 0 Å². The molecule has 6 heteroatoms. The SMILES string of the molecule is CC[C@H](c1ccc(OC)c(OC)c1)N(Cc1ccccc1OC)CC(O)c1cccc(Cl)c1. The van der Waals surface area contributed by atoms with Crippen LogP contribution in [-0.4, -0.2) is 37.9 Å². The van der Waals surface area contributed by atoms with Gasteiger partial charge in [0.05, 0.1) is 27.4 Å². The number of nitrogens with zero attached hydrogens (tertiary/aromatic N) is 1. The fraction of sp³-hybridized carbons (Fsp3) is 0.333. The van der Waals surface area contributed by atoms with Crippen molar-refractivity contribution in [1.29, 1.82) is 0 Å². The summed E-state index contributed by atoms with van der Waals surface area (Å²) in [5.41, 5.74) is 2.93. The number of benzene rings is 3. The van der Waals surface area contributed by atoms with Gasteiger partial charge in [-0.05, 0) is 47.9 Å². The quantitative estimate of drug-likeness (QED) is 0.370. The molecule has 2 atom stereocenters. The minimum atomic E-state index is -0.701. The van der Waals surface area contributed by atoms with Crippen LogP contribution in [0.15, 0.2) is 66.7 Å². The van der Waals surface area contributed by atoms with E-state index >= 15 is 0 Å². The highest BCUT2D eigenvalue weighted by molar-refractivity contribution is 6.30. The van der Waals surface area contributed by atoms with Gasteiger partial charge >= 0.3 is 0 Å². The van der Waals surface area contributed by atoms with Crippen LogP contribution in [0.3, 0.4) is 0 Å². The summed E-state index contributed by atoms with van der Waals surface area (Å²) >= 11 is 6.18. The van der Waals surface area contributed by atoms with Crippen LogP contribution >= 0.6 is 11.6 Å². The molecule has 0 aliphatic heterocycles. The molecule has 3 aromatic rings. The van der Waals surface area contributed by atoms with Gasteiger partial charge in [0, 0.05) is 29.7 Å². The summed E-state index contributed by atoms with van der Waals surface area (Å²) in [5.74, 6) is 2.19. The van der Waals surface area contributed by atoms with Gasteiger partial charge in [-0.2, -0.15) is 0 Å². The number of hydrogen-bond donors (Lipinski definition) is 1. The number of aliphatic hydroxyl groups is 1. The molecule has 1 N–H and O–H groups in total. The molecule has 0 fully saturated rings. The molecule has 1 unspecified atom stereocenters. The van der Waals surface area contributed by atoms with E-state index in [0.29, 0.717) is 29.6 Å².